The highest BCUT2D eigenvalue weighted by molar-refractivity contribution is 8.15. The summed E-state index contributed by atoms with van der Waals surface area (Å²) in [6.07, 6.45) is 0.783. The molecule has 1 saturated heterocycles. The van der Waals surface area contributed by atoms with Gasteiger partial charge in [-0.15, -0.1) is 0 Å². The Bertz CT molecular complexity index is 211. The number of hydrogen-bond acceptors (Lipinski definition) is 5. The second-order valence-corrected chi connectivity index (χ2v) is 8.03. The van der Waals surface area contributed by atoms with Crippen molar-refractivity contribution in [3.63, 3.8) is 0 Å². The summed E-state index contributed by atoms with van der Waals surface area (Å²) in [4.78, 5) is 11.4. The van der Waals surface area contributed by atoms with Crippen LogP contribution in [0.2, 0.25) is 0 Å². The molecule has 2 atom stereocenters. The Kier molecular flexibility index (Phi) is 4.14. The van der Waals surface area contributed by atoms with Crippen LogP contribution in [0.15, 0.2) is 0 Å². The smallest absolute Gasteiger partial charge is 0.376 e. The first kappa shape index (κ1) is 12.2. The third kappa shape index (κ3) is 2.04. The molecule has 0 aromatic heterocycles. The van der Waals surface area contributed by atoms with E-state index in [1.807, 2.05) is 6.92 Å². The maximum absolute atomic E-state index is 11.4. The van der Waals surface area contributed by atoms with E-state index >= 15 is 0 Å². The Labute approximate surface area is 89.7 Å². The van der Waals surface area contributed by atoms with Gasteiger partial charge in [0.1, 0.15) is 0 Å². The summed E-state index contributed by atoms with van der Waals surface area (Å²) < 4.78 is 16.0. The van der Waals surface area contributed by atoms with Crippen molar-refractivity contribution in [3.8, 4) is 0 Å². The minimum Gasteiger partial charge on any atom is -0.376 e. The Balaban J connectivity index is 2.76. The lowest BCUT2D eigenvalue weighted by Crippen LogP contribution is -2.52. The monoisotopic (exact) mass is 236 g/mol. The number of carbonyl (C=O) groups excluding carboxylic acids is 1. The summed E-state index contributed by atoms with van der Waals surface area (Å²) in [6.45, 7) is 1.93. The molecule has 0 aromatic rings. The van der Waals surface area contributed by atoms with Gasteiger partial charge >= 0.3 is 8.80 Å². The molecule has 1 heterocycles. The molecule has 1 aliphatic heterocycles. The van der Waals surface area contributed by atoms with Gasteiger partial charge in [0, 0.05) is 27.2 Å². The van der Waals surface area contributed by atoms with Gasteiger partial charge < -0.3 is 13.3 Å². The molecule has 0 aromatic carbocycles. The molecular weight excluding hydrogens is 220 g/mol. The Hall–Kier alpha value is 0.117. The number of carbonyl (C=O) groups is 1. The quantitative estimate of drug-likeness (QED) is 0.683. The highest BCUT2D eigenvalue weighted by atomic mass is 32.2. The topological polar surface area (TPSA) is 44.8 Å². The van der Waals surface area contributed by atoms with E-state index in [0.29, 0.717) is 0 Å². The third-order valence-electron chi connectivity index (χ3n) is 2.48. The van der Waals surface area contributed by atoms with Crippen molar-refractivity contribution in [1.29, 1.82) is 0 Å². The van der Waals surface area contributed by atoms with Gasteiger partial charge in [-0.3, -0.25) is 4.79 Å². The Morgan fingerprint density at radius 2 is 1.79 bits per heavy atom. The van der Waals surface area contributed by atoms with Crippen LogP contribution in [0.25, 0.3) is 0 Å². The molecule has 82 valence electrons. The van der Waals surface area contributed by atoms with E-state index in [1.54, 1.807) is 21.3 Å². The summed E-state index contributed by atoms with van der Waals surface area (Å²) in [7, 11) is 2.10. The first-order valence-corrected chi connectivity index (χ1v) is 7.13. The summed E-state index contributed by atoms with van der Waals surface area (Å²) in [5, 5.41) is 0.207. The van der Waals surface area contributed by atoms with E-state index in [2.05, 4.69) is 0 Å². The SMILES string of the molecule is CO[Si](OC)(OC)C1CC(C)C(=O)S1. The van der Waals surface area contributed by atoms with Crippen LogP contribution in [0.5, 0.6) is 0 Å². The Morgan fingerprint density at radius 3 is 2.07 bits per heavy atom. The minimum absolute atomic E-state index is 0.0463. The standard InChI is InChI=1S/C8H16O4SSi/c1-6-5-7(13-8(6)9)14(10-2,11-3)12-4/h6-7H,5H2,1-4H3. The largest absolute Gasteiger partial charge is 0.514 e. The molecule has 4 nitrogen and oxygen atoms in total. The highest BCUT2D eigenvalue weighted by Crippen LogP contribution is 2.38. The summed E-state index contributed by atoms with van der Waals surface area (Å²) in [5.74, 6) is 0.0809. The van der Waals surface area contributed by atoms with Gasteiger partial charge in [0.05, 0.1) is 4.87 Å². The van der Waals surface area contributed by atoms with Crippen molar-refractivity contribution in [2.24, 2.45) is 5.92 Å². The van der Waals surface area contributed by atoms with Gasteiger partial charge in [-0.2, -0.15) is 0 Å². The van der Waals surface area contributed by atoms with E-state index in [-0.39, 0.29) is 15.9 Å². The van der Waals surface area contributed by atoms with Gasteiger partial charge in [-0.25, -0.2) is 0 Å². The number of thioether (sulfide) groups is 1. The lowest BCUT2D eigenvalue weighted by molar-refractivity contribution is -0.113. The van der Waals surface area contributed by atoms with E-state index < -0.39 is 8.80 Å². The maximum atomic E-state index is 11.4. The molecule has 0 saturated carbocycles. The van der Waals surface area contributed by atoms with Crippen molar-refractivity contribution < 1.29 is 18.1 Å². The predicted molar refractivity (Wildman–Crippen MR) is 56.9 cm³/mol. The Morgan fingerprint density at radius 1 is 1.29 bits per heavy atom. The zero-order valence-corrected chi connectivity index (χ0v) is 10.7. The summed E-state index contributed by atoms with van der Waals surface area (Å²) in [6, 6.07) is 0. The molecule has 0 N–H and O–H groups in total. The van der Waals surface area contributed by atoms with Crippen LogP contribution < -0.4 is 0 Å². The van der Waals surface area contributed by atoms with E-state index in [4.69, 9.17) is 13.3 Å². The van der Waals surface area contributed by atoms with Gasteiger partial charge in [-0.1, -0.05) is 18.7 Å². The zero-order valence-electron chi connectivity index (χ0n) is 8.90. The fourth-order valence-electron chi connectivity index (χ4n) is 1.58. The van der Waals surface area contributed by atoms with Crippen molar-refractivity contribution in [2.75, 3.05) is 21.3 Å². The molecule has 2 unspecified atom stereocenters. The molecule has 1 rings (SSSR count). The normalized spacial score (nSPS) is 28.4. The van der Waals surface area contributed by atoms with Crippen molar-refractivity contribution in [2.45, 2.75) is 18.2 Å². The van der Waals surface area contributed by atoms with Crippen LogP contribution in [0.4, 0.5) is 0 Å². The second kappa shape index (κ2) is 4.76. The fourth-order valence-corrected chi connectivity index (χ4v) is 6.30. The van der Waals surface area contributed by atoms with Crippen LogP contribution in [-0.4, -0.2) is 40.1 Å². The van der Waals surface area contributed by atoms with Crippen LogP contribution in [0.1, 0.15) is 13.3 Å². The molecule has 1 aliphatic rings. The van der Waals surface area contributed by atoms with Crippen LogP contribution in [0.3, 0.4) is 0 Å². The first-order valence-electron chi connectivity index (χ1n) is 4.45. The molecule has 0 aliphatic carbocycles. The molecule has 0 bridgehead atoms. The molecule has 0 spiro atoms. The van der Waals surface area contributed by atoms with Gasteiger partial charge in [-0.05, 0) is 6.42 Å². The van der Waals surface area contributed by atoms with E-state index in [1.165, 1.54) is 11.8 Å². The number of rotatable bonds is 4. The minimum atomic E-state index is -2.63. The average Bonchev–Trinajstić information content (AvgIpc) is 2.51. The molecule has 14 heavy (non-hydrogen) atoms. The van der Waals surface area contributed by atoms with E-state index in [0.717, 1.165) is 6.42 Å². The third-order valence-corrected chi connectivity index (χ3v) is 7.54. The molecule has 6 heteroatoms. The van der Waals surface area contributed by atoms with Crippen molar-refractivity contribution in [3.05, 3.63) is 0 Å². The van der Waals surface area contributed by atoms with Gasteiger partial charge in [0.2, 0.25) is 0 Å². The number of hydrogen-bond donors (Lipinski definition) is 0. The molecule has 1 fully saturated rings. The van der Waals surface area contributed by atoms with E-state index in [9.17, 15) is 4.79 Å². The predicted octanol–water partition coefficient (Wildman–Crippen LogP) is 1.07. The lowest BCUT2D eigenvalue weighted by atomic mass is 10.1. The second-order valence-electron chi connectivity index (χ2n) is 3.28. The van der Waals surface area contributed by atoms with Crippen molar-refractivity contribution in [1.82, 2.24) is 0 Å². The van der Waals surface area contributed by atoms with Gasteiger partial charge in [0.15, 0.2) is 5.12 Å². The zero-order chi connectivity index (χ0) is 10.8. The molecule has 0 radical (unpaired) electrons. The van der Waals surface area contributed by atoms with Crippen molar-refractivity contribution >= 4 is 25.7 Å². The maximum Gasteiger partial charge on any atom is 0.514 e. The van der Waals surface area contributed by atoms with Crippen LogP contribution in [0, 0.1) is 5.92 Å². The van der Waals surface area contributed by atoms with Crippen LogP contribution >= 0.6 is 11.8 Å². The first-order chi connectivity index (χ1) is 6.59. The van der Waals surface area contributed by atoms with Gasteiger partial charge in [0.25, 0.3) is 0 Å². The average molecular weight is 236 g/mol. The highest BCUT2D eigenvalue weighted by Gasteiger charge is 2.53. The fraction of sp³-hybridized carbons (Fsp3) is 0.875. The lowest BCUT2D eigenvalue weighted by Gasteiger charge is -2.28. The molecular formula is C8H16O4SSi. The van der Waals surface area contributed by atoms with Crippen LogP contribution in [-0.2, 0) is 18.1 Å². The summed E-state index contributed by atoms with van der Waals surface area (Å²) >= 11 is 1.30. The molecule has 0 amide bonds. The summed E-state index contributed by atoms with van der Waals surface area (Å²) in [5.41, 5.74) is 0.